The summed E-state index contributed by atoms with van der Waals surface area (Å²) in [5.41, 5.74) is 1.20. The molecule has 0 saturated heterocycles. The Morgan fingerprint density at radius 3 is 2.52 bits per heavy atom. The Morgan fingerprint density at radius 1 is 1.21 bits per heavy atom. The van der Waals surface area contributed by atoms with Crippen LogP contribution in [0.4, 0.5) is 0 Å². The van der Waals surface area contributed by atoms with Gasteiger partial charge in [0.15, 0.2) is 0 Å². The number of hydrogen-bond acceptors (Lipinski definition) is 6. The molecule has 1 atom stereocenters. The predicted molar refractivity (Wildman–Crippen MR) is 115 cm³/mol. The van der Waals surface area contributed by atoms with Crippen LogP contribution in [0.3, 0.4) is 0 Å². The van der Waals surface area contributed by atoms with E-state index in [9.17, 15) is 13.2 Å². The van der Waals surface area contributed by atoms with Crippen molar-refractivity contribution >= 4 is 31.9 Å². The third-order valence-electron chi connectivity index (χ3n) is 4.30. The molecule has 0 spiro atoms. The van der Waals surface area contributed by atoms with E-state index in [0.29, 0.717) is 10.2 Å². The number of nitrogens with one attached hydrogen (secondary N) is 1. The number of sulfonamides is 1. The lowest BCUT2D eigenvalue weighted by Crippen LogP contribution is -2.34. The molecule has 0 radical (unpaired) electrons. The highest BCUT2D eigenvalue weighted by Gasteiger charge is 2.23. The number of carbonyl (C=O) groups is 1. The number of halogens is 1. The average Bonchev–Trinajstić information content (AvgIpc) is 2.67. The lowest BCUT2D eigenvalue weighted by atomic mass is 10.1. The molecule has 2 aromatic carbocycles. The van der Waals surface area contributed by atoms with Gasteiger partial charge in [0, 0.05) is 17.1 Å². The molecule has 0 aromatic heterocycles. The Balaban J connectivity index is 2.22. The number of methoxy groups -OCH3 is 1. The largest absolute Gasteiger partial charge is 0.497 e. The highest BCUT2D eigenvalue weighted by molar-refractivity contribution is 9.10. The van der Waals surface area contributed by atoms with E-state index in [0.717, 1.165) is 5.56 Å². The van der Waals surface area contributed by atoms with Crippen molar-refractivity contribution in [1.82, 2.24) is 9.62 Å². The third kappa shape index (κ3) is 6.02. The first-order valence-corrected chi connectivity index (χ1v) is 11.2. The van der Waals surface area contributed by atoms with Crippen molar-refractivity contribution < 1.29 is 22.7 Å². The molecule has 0 aliphatic carbocycles. The van der Waals surface area contributed by atoms with Gasteiger partial charge in [-0.1, -0.05) is 12.1 Å². The fourth-order valence-electron chi connectivity index (χ4n) is 2.77. The van der Waals surface area contributed by atoms with Gasteiger partial charge < -0.3 is 14.4 Å². The van der Waals surface area contributed by atoms with Gasteiger partial charge in [0.1, 0.15) is 5.75 Å². The van der Waals surface area contributed by atoms with Crippen LogP contribution in [0.15, 0.2) is 51.8 Å². The lowest BCUT2D eigenvalue weighted by Gasteiger charge is -2.25. The summed E-state index contributed by atoms with van der Waals surface area (Å²) in [4.78, 5) is 13.8. The summed E-state index contributed by atoms with van der Waals surface area (Å²) in [5.74, 6) is 0.199. The first-order valence-electron chi connectivity index (χ1n) is 8.96. The van der Waals surface area contributed by atoms with Crippen LogP contribution in [0.5, 0.6) is 5.75 Å². The van der Waals surface area contributed by atoms with E-state index >= 15 is 0 Å². The van der Waals surface area contributed by atoms with E-state index in [2.05, 4.69) is 20.7 Å². The van der Waals surface area contributed by atoms with E-state index < -0.39 is 16.0 Å². The van der Waals surface area contributed by atoms with Crippen molar-refractivity contribution in [2.75, 3.05) is 34.4 Å². The number of esters is 1. The molecule has 158 valence electrons. The summed E-state index contributed by atoms with van der Waals surface area (Å²) in [5, 5.41) is 0. The van der Waals surface area contributed by atoms with Gasteiger partial charge in [-0.3, -0.25) is 0 Å². The maximum Gasteiger partial charge on any atom is 0.338 e. The van der Waals surface area contributed by atoms with Gasteiger partial charge in [0.25, 0.3) is 0 Å². The van der Waals surface area contributed by atoms with Crippen LogP contribution in [-0.4, -0.2) is 53.6 Å². The van der Waals surface area contributed by atoms with Crippen molar-refractivity contribution in [3.63, 3.8) is 0 Å². The van der Waals surface area contributed by atoms with E-state index in [1.54, 1.807) is 14.0 Å². The molecule has 1 N–H and O–H groups in total. The van der Waals surface area contributed by atoms with Crippen LogP contribution in [0.2, 0.25) is 0 Å². The Hall–Kier alpha value is -1.94. The summed E-state index contributed by atoms with van der Waals surface area (Å²) < 4.78 is 38.8. The molecule has 0 aliphatic rings. The predicted octanol–water partition coefficient (Wildman–Crippen LogP) is 3.22. The van der Waals surface area contributed by atoms with Gasteiger partial charge in [-0.25, -0.2) is 17.9 Å². The number of likely N-dealkylation sites (N-methyl/N-ethyl adjacent to an activating group) is 1. The van der Waals surface area contributed by atoms with Gasteiger partial charge in [-0.2, -0.15) is 0 Å². The first kappa shape index (κ1) is 23.3. The van der Waals surface area contributed by atoms with E-state index in [4.69, 9.17) is 9.47 Å². The first-order chi connectivity index (χ1) is 13.7. The fraction of sp³-hybridized carbons (Fsp3) is 0.350. The summed E-state index contributed by atoms with van der Waals surface area (Å²) >= 11 is 3.25. The van der Waals surface area contributed by atoms with Crippen molar-refractivity contribution in [3.05, 3.63) is 58.1 Å². The van der Waals surface area contributed by atoms with Crippen LogP contribution in [-0.2, 0) is 14.8 Å². The van der Waals surface area contributed by atoms with Crippen molar-refractivity contribution in [1.29, 1.82) is 0 Å². The van der Waals surface area contributed by atoms with Gasteiger partial charge in [-0.15, -0.1) is 0 Å². The maximum atomic E-state index is 12.8. The Kier molecular flexibility index (Phi) is 8.21. The van der Waals surface area contributed by atoms with Gasteiger partial charge in [0.2, 0.25) is 10.0 Å². The Bertz CT molecular complexity index is 963. The molecule has 0 saturated carbocycles. The van der Waals surface area contributed by atoms with Crippen molar-refractivity contribution in [2.45, 2.75) is 17.9 Å². The van der Waals surface area contributed by atoms with Gasteiger partial charge >= 0.3 is 5.97 Å². The number of hydrogen-bond donors (Lipinski definition) is 1. The minimum Gasteiger partial charge on any atom is -0.497 e. The highest BCUT2D eigenvalue weighted by atomic mass is 79.9. The smallest absolute Gasteiger partial charge is 0.338 e. The lowest BCUT2D eigenvalue weighted by molar-refractivity contribution is 0.0526. The number of benzene rings is 2. The van der Waals surface area contributed by atoms with E-state index in [-0.39, 0.29) is 29.7 Å². The average molecular weight is 485 g/mol. The highest BCUT2D eigenvalue weighted by Crippen LogP contribution is 2.26. The zero-order chi connectivity index (χ0) is 21.6. The molecular weight excluding hydrogens is 460 g/mol. The van der Waals surface area contributed by atoms with Crippen LogP contribution < -0.4 is 9.46 Å². The molecule has 7 nitrogen and oxygen atoms in total. The van der Waals surface area contributed by atoms with Crippen molar-refractivity contribution in [2.24, 2.45) is 0 Å². The zero-order valence-electron chi connectivity index (χ0n) is 16.8. The van der Waals surface area contributed by atoms with Crippen LogP contribution in [0.1, 0.15) is 28.9 Å². The van der Waals surface area contributed by atoms with Gasteiger partial charge in [0.05, 0.1) is 24.2 Å². The second-order valence-corrected chi connectivity index (χ2v) is 9.06. The molecule has 1 unspecified atom stereocenters. The van der Waals surface area contributed by atoms with Gasteiger partial charge in [-0.05, 0) is 72.8 Å². The molecule has 0 fully saturated rings. The second-order valence-electron chi connectivity index (χ2n) is 6.47. The zero-order valence-corrected chi connectivity index (χ0v) is 19.2. The quantitative estimate of drug-likeness (QED) is 0.550. The molecular formula is C20H25BrN2O5S. The number of nitrogens with zero attached hydrogens (tertiary/aromatic N) is 1. The minimum absolute atomic E-state index is 0.0497. The summed E-state index contributed by atoms with van der Waals surface area (Å²) in [6.45, 7) is 2.11. The standard InChI is InChI=1S/C20H25BrN2O5S/c1-5-28-20(24)15-9-10-19(17(21)12-15)29(25,26)22-13-18(23(2)3)14-7-6-8-16(11-14)27-4/h6-12,18,22H,5,13H2,1-4H3. The topological polar surface area (TPSA) is 84.9 Å². The molecule has 2 aromatic rings. The normalized spacial score (nSPS) is 12.6. The van der Waals surface area contributed by atoms with E-state index in [1.165, 1.54) is 18.2 Å². The second kappa shape index (κ2) is 10.2. The number of carbonyl (C=O) groups excluding carboxylic acids is 1. The molecule has 0 bridgehead atoms. The number of ether oxygens (including phenoxy) is 2. The fourth-order valence-corrected chi connectivity index (χ4v) is 4.89. The van der Waals surface area contributed by atoms with E-state index in [1.807, 2.05) is 43.3 Å². The molecule has 0 aliphatic heterocycles. The molecule has 29 heavy (non-hydrogen) atoms. The summed E-state index contributed by atoms with van der Waals surface area (Å²) in [6.07, 6.45) is 0. The molecule has 9 heteroatoms. The van der Waals surface area contributed by atoms with Crippen molar-refractivity contribution in [3.8, 4) is 5.75 Å². The van der Waals surface area contributed by atoms with Crippen LogP contribution >= 0.6 is 15.9 Å². The number of rotatable bonds is 9. The molecule has 2 rings (SSSR count). The maximum absolute atomic E-state index is 12.8. The molecule has 0 amide bonds. The van der Waals surface area contributed by atoms with Crippen LogP contribution in [0.25, 0.3) is 0 Å². The molecule has 0 heterocycles. The summed E-state index contributed by atoms with van der Waals surface area (Å²) in [6, 6.07) is 11.6. The Morgan fingerprint density at radius 2 is 1.93 bits per heavy atom. The van der Waals surface area contributed by atoms with Crippen LogP contribution in [0, 0.1) is 0 Å². The third-order valence-corrected chi connectivity index (χ3v) is 6.70. The SMILES string of the molecule is CCOC(=O)c1ccc(S(=O)(=O)NCC(c2cccc(OC)c2)N(C)C)c(Br)c1. The minimum atomic E-state index is -3.80. The summed E-state index contributed by atoms with van der Waals surface area (Å²) in [7, 11) is 1.54. The Labute approximate surface area is 180 Å². The monoisotopic (exact) mass is 484 g/mol.